The van der Waals surface area contributed by atoms with E-state index in [4.69, 9.17) is 11.5 Å². The molecule has 0 saturated heterocycles. The molecule has 0 radical (unpaired) electrons. The van der Waals surface area contributed by atoms with Crippen LogP contribution < -0.4 is 22.1 Å². The number of carbonyl (C=O) groups is 2. The number of amides is 2. The minimum atomic E-state index is -0.542. The van der Waals surface area contributed by atoms with Gasteiger partial charge in [-0.25, -0.2) is 0 Å². The summed E-state index contributed by atoms with van der Waals surface area (Å²) in [6, 6.07) is -0.542. The number of nitrogens with one attached hydrogen (secondary N) is 2. The van der Waals surface area contributed by atoms with Crippen LogP contribution in [0.1, 0.15) is 19.8 Å². The second-order valence-electron chi connectivity index (χ2n) is 5.18. The van der Waals surface area contributed by atoms with E-state index in [1.807, 2.05) is 21.0 Å². The normalized spacial score (nSPS) is 12.6. The first-order valence-corrected chi connectivity index (χ1v) is 8.88. The summed E-state index contributed by atoms with van der Waals surface area (Å²) in [4.78, 5) is 28.9. The quantitative estimate of drug-likeness (QED) is 0.215. The van der Waals surface area contributed by atoms with E-state index in [-0.39, 0.29) is 11.8 Å². The molecule has 0 heterocycles. The zero-order chi connectivity index (χ0) is 17.7. The number of nitrogens with zero attached hydrogens (tertiary/aromatic N) is 2. The molecule has 0 spiro atoms. The van der Waals surface area contributed by atoms with Crippen molar-refractivity contribution in [3.63, 3.8) is 0 Å². The highest BCUT2D eigenvalue weighted by atomic mass is 32.2. The lowest BCUT2D eigenvalue weighted by Gasteiger charge is -2.12. The van der Waals surface area contributed by atoms with E-state index in [1.165, 1.54) is 11.8 Å². The summed E-state index contributed by atoms with van der Waals surface area (Å²) in [5.41, 5.74) is 11.5. The molecule has 0 fully saturated rings. The number of nitrogens with two attached hydrogens (primary N) is 2. The van der Waals surface area contributed by atoms with Crippen molar-refractivity contribution in [2.75, 3.05) is 45.2 Å². The molecule has 0 bridgehead atoms. The molecule has 0 aliphatic carbocycles. The Morgan fingerprint density at radius 1 is 1.30 bits per heavy atom. The first-order chi connectivity index (χ1) is 10.9. The first-order valence-electron chi connectivity index (χ1n) is 7.73. The molecule has 1 atom stereocenters. The fourth-order valence-electron chi connectivity index (χ4n) is 1.57. The largest absolute Gasteiger partial charge is 0.370 e. The summed E-state index contributed by atoms with van der Waals surface area (Å²) in [6.45, 7) is 3.56. The zero-order valence-electron chi connectivity index (χ0n) is 14.3. The van der Waals surface area contributed by atoms with Crippen LogP contribution >= 0.6 is 11.8 Å². The number of aliphatic imine (C=N–C) groups is 1. The molecular weight excluding hydrogens is 316 g/mol. The Morgan fingerprint density at radius 3 is 2.61 bits per heavy atom. The molecule has 0 aromatic heterocycles. The number of hydrogen-bond donors (Lipinski definition) is 4. The molecule has 0 aromatic carbocycles. The van der Waals surface area contributed by atoms with Crippen LogP contribution in [-0.4, -0.2) is 74.0 Å². The smallest absolute Gasteiger partial charge is 0.236 e. The monoisotopic (exact) mass is 346 g/mol. The number of thioether (sulfide) groups is 1. The fourth-order valence-corrected chi connectivity index (χ4v) is 2.25. The van der Waals surface area contributed by atoms with Crippen molar-refractivity contribution in [1.29, 1.82) is 0 Å². The zero-order valence-corrected chi connectivity index (χ0v) is 15.1. The first kappa shape index (κ1) is 21.5. The van der Waals surface area contributed by atoms with E-state index >= 15 is 0 Å². The molecule has 0 aliphatic rings. The Morgan fingerprint density at radius 2 is 2.00 bits per heavy atom. The lowest BCUT2D eigenvalue weighted by atomic mass is 10.1. The van der Waals surface area contributed by atoms with Gasteiger partial charge in [-0.3, -0.25) is 14.6 Å². The Labute approximate surface area is 142 Å². The highest BCUT2D eigenvalue weighted by molar-refractivity contribution is 7.99. The van der Waals surface area contributed by atoms with Crippen LogP contribution in [0.25, 0.3) is 0 Å². The Hall–Kier alpha value is -1.48. The summed E-state index contributed by atoms with van der Waals surface area (Å²) in [7, 11) is 3.64. The van der Waals surface area contributed by atoms with Crippen molar-refractivity contribution in [3.8, 4) is 0 Å². The van der Waals surface area contributed by atoms with E-state index in [0.29, 0.717) is 49.9 Å². The van der Waals surface area contributed by atoms with Gasteiger partial charge in [-0.15, -0.1) is 0 Å². The molecule has 6 N–H and O–H groups in total. The van der Waals surface area contributed by atoms with Crippen molar-refractivity contribution >= 4 is 29.5 Å². The van der Waals surface area contributed by atoms with Gasteiger partial charge in [0.05, 0.1) is 11.8 Å². The average molecular weight is 347 g/mol. The van der Waals surface area contributed by atoms with Crippen LogP contribution in [0.3, 0.4) is 0 Å². The third kappa shape index (κ3) is 11.7. The molecular formula is C14H30N6O2S. The summed E-state index contributed by atoms with van der Waals surface area (Å²) < 4.78 is 0. The van der Waals surface area contributed by atoms with Gasteiger partial charge in [-0.2, -0.15) is 11.8 Å². The predicted octanol–water partition coefficient (Wildman–Crippen LogP) is -1.04. The van der Waals surface area contributed by atoms with Gasteiger partial charge in [0, 0.05) is 39.5 Å². The van der Waals surface area contributed by atoms with Crippen LogP contribution in [-0.2, 0) is 9.59 Å². The van der Waals surface area contributed by atoms with E-state index in [0.717, 1.165) is 0 Å². The van der Waals surface area contributed by atoms with Crippen LogP contribution in [0, 0.1) is 0 Å². The maximum atomic E-state index is 11.8. The Bertz CT molecular complexity index is 389. The van der Waals surface area contributed by atoms with Crippen LogP contribution in [0.4, 0.5) is 0 Å². The molecule has 23 heavy (non-hydrogen) atoms. The Balaban J connectivity index is 3.70. The molecule has 0 saturated carbocycles. The molecule has 0 aromatic rings. The van der Waals surface area contributed by atoms with Gasteiger partial charge in [0.15, 0.2) is 5.96 Å². The van der Waals surface area contributed by atoms with Crippen molar-refractivity contribution < 1.29 is 9.59 Å². The SMILES string of the molecule is CCNC(=O)CSCCNC(=O)C(N)CCCN=C(N)N(C)C. The minimum absolute atomic E-state index is 0.0121. The molecule has 0 rings (SSSR count). The van der Waals surface area contributed by atoms with Gasteiger partial charge in [0.1, 0.15) is 0 Å². The minimum Gasteiger partial charge on any atom is -0.370 e. The molecule has 8 nitrogen and oxygen atoms in total. The van der Waals surface area contributed by atoms with Crippen LogP contribution in [0.5, 0.6) is 0 Å². The fraction of sp³-hybridized carbons (Fsp3) is 0.786. The summed E-state index contributed by atoms with van der Waals surface area (Å²) in [5.74, 6) is 1.39. The van der Waals surface area contributed by atoms with Gasteiger partial charge >= 0.3 is 0 Å². The van der Waals surface area contributed by atoms with Gasteiger partial charge in [-0.05, 0) is 19.8 Å². The third-order valence-electron chi connectivity index (χ3n) is 2.89. The maximum Gasteiger partial charge on any atom is 0.236 e. The lowest BCUT2D eigenvalue weighted by Crippen LogP contribution is -2.41. The van der Waals surface area contributed by atoms with Crippen molar-refractivity contribution in [2.45, 2.75) is 25.8 Å². The standard InChI is InChI=1S/C14H30N6O2S/c1-4-17-12(21)10-23-9-8-18-13(22)11(15)6-5-7-19-14(16)20(2)3/h11H,4-10,15H2,1-3H3,(H2,16,19)(H,17,21)(H,18,22). The number of rotatable bonds is 11. The lowest BCUT2D eigenvalue weighted by molar-refractivity contribution is -0.122. The van der Waals surface area contributed by atoms with E-state index in [1.54, 1.807) is 4.90 Å². The second-order valence-corrected chi connectivity index (χ2v) is 6.29. The summed E-state index contributed by atoms with van der Waals surface area (Å²) in [6.07, 6.45) is 1.26. The highest BCUT2D eigenvalue weighted by Crippen LogP contribution is 1.99. The molecule has 9 heteroatoms. The second kappa shape index (κ2) is 13.0. The van der Waals surface area contributed by atoms with Gasteiger partial charge in [0.2, 0.25) is 11.8 Å². The summed E-state index contributed by atoms with van der Waals surface area (Å²) >= 11 is 1.48. The number of guanidine groups is 1. The van der Waals surface area contributed by atoms with Crippen molar-refractivity contribution in [3.05, 3.63) is 0 Å². The van der Waals surface area contributed by atoms with Crippen LogP contribution in [0.2, 0.25) is 0 Å². The molecule has 1 unspecified atom stereocenters. The Kier molecular flexibility index (Phi) is 12.2. The maximum absolute atomic E-state index is 11.8. The molecule has 134 valence electrons. The average Bonchev–Trinajstić information content (AvgIpc) is 2.50. The number of carbonyl (C=O) groups excluding carboxylic acids is 2. The molecule has 2 amide bonds. The van der Waals surface area contributed by atoms with Gasteiger partial charge < -0.3 is 27.0 Å². The molecule has 0 aliphatic heterocycles. The van der Waals surface area contributed by atoms with E-state index in [2.05, 4.69) is 15.6 Å². The predicted molar refractivity (Wildman–Crippen MR) is 96.4 cm³/mol. The van der Waals surface area contributed by atoms with Gasteiger partial charge in [-0.1, -0.05) is 0 Å². The van der Waals surface area contributed by atoms with Crippen LogP contribution in [0.15, 0.2) is 4.99 Å². The van der Waals surface area contributed by atoms with Crippen molar-refractivity contribution in [2.24, 2.45) is 16.5 Å². The summed E-state index contributed by atoms with van der Waals surface area (Å²) in [5, 5.41) is 5.49. The number of hydrogen-bond acceptors (Lipinski definition) is 5. The van der Waals surface area contributed by atoms with Gasteiger partial charge in [0.25, 0.3) is 0 Å². The van der Waals surface area contributed by atoms with E-state index in [9.17, 15) is 9.59 Å². The topological polar surface area (TPSA) is 126 Å². The third-order valence-corrected chi connectivity index (χ3v) is 3.85. The highest BCUT2D eigenvalue weighted by Gasteiger charge is 2.12. The van der Waals surface area contributed by atoms with Crippen molar-refractivity contribution in [1.82, 2.24) is 15.5 Å². The van der Waals surface area contributed by atoms with E-state index < -0.39 is 6.04 Å².